The molecule has 2 amide bonds. The van der Waals surface area contributed by atoms with E-state index in [2.05, 4.69) is 10.0 Å². The van der Waals surface area contributed by atoms with Crippen LogP contribution in [0, 0.1) is 16.0 Å². The molecule has 0 radical (unpaired) electrons. The molecule has 3 aliphatic rings. The van der Waals surface area contributed by atoms with E-state index in [1.165, 1.54) is 18.2 Å². The highest BCUT2D eigenvalue weighted by atomic mass is 16.6. The number of amides is 2. The average molecular weight is 485 g/mol. The van der Waals surface area contributed by atoms with Gasteiger partial charge in [0.15, 0.2) is 5.54 Å². The Morgan fingerprint density at radius 3 is 2.42 bits per heavy atom. The first-order valence-electron chi connectivity index (χ1n) is 11.8. The van der Waals surface area contributed by atoms with E-state index in [0.29, 0.717) is 12.3 Å². The minimum Gasteiger partial charge on any atom is -0.497 e. The zero-order chi connectivity index (χ0) is 25.0. The van der Waals surface area contributed by atoms with Gasteiger partial charge in [0.2, 0.25) is 5.91 Å². The molecule has 3 saturated heterocycles. The number of nitro benzene ring substituents is 1. The third-order valence-electron chi connectivity index (χ3n) is 7.55. The monoisotopic (exact) mass is 484 g/mol. The zero-order valence-electron chi connectivity index (χ0n) is 19.6. The number of ether oxygens (including phenoxy) is 1. The van der Waals surface area contributed by atoms with E-state index in [1.54, 1.807) is 13.2 Å². The van der Waals surface area contributed by atoms with Gasteiger partial charge in [-0.25, -0.2) is 14.9 Å². The molecular weight excluding hydrogens is 460 g/mol. The Kier molecular flexibility index (Phi) is 5.13. The van der Waals surface area contributed by atoms with Gasteiger partial charge in [0.05, 0.1) is 29.7 Å². The number of anilines is 1. The smallest absolute Gasteiger partial charge is 0.271 e. The first-order valence-corrected chi connectivity index (χ1v) is 11.8. The minimum absolute atomic E-state index is 0.173. The van der Waals surface area contributed by atoms with Gasteiger partial charge in [0.1, 0.15) is 5.75 Å². The highest BCUT2D eigenvalue weighted by Crippen LogP contribution is 2.59. The van der Waals surface area contributed by atoms with E-state index in [1.807, 2.05) is 54.6 Å². The second-order valence-electron chi connectivity index (χ2n) is 9.22. The van der Waals surface area contributed by atoms with Crippen LogP contribution in [0.2, 0.25) is 0 Å². The molecule has 182 valence electrons. The minimum atomic E-state index is -1.25. The number of fused-ring (bicyclic) bond motifs is 3. The van der Waals surface area contributed by atoms with Crippen LogP contribution < -0.4 is 9.64 Å². The normalized spacial score (nSPS) is 25.8. The number of nitrogens with zero attached hydrogens (tertiary/aromatic N) is 4. The Morgan fingerprint density at radius 1 is 0.972 bits per heavy atom. The molecule has 0 unspecified atom stereocenters. The number of non-ortho nitro benzene ring substituents is 1. The second kappa shape index (κ2) is 8.25. The maximum absolute atomic E-state index is 14.5. The number of hydrazine groups is 1. The van der Waals surface area contributed by atoms with Crippen molar-refractivity contribution >= 4 is 23.2 Å². The molecule has 0 saturated carbocycles. The fourth-order valence-electron chi connectivity index (χ4n) is 6.13. The maximum atomic E-state index is 14.5. The van der Waals surface area contributed by atoms with Crippen molar-refractivity contribution in [2.45, 2.75) is 18.0 Å². The van der Waals surface area contributed by atoms with Crippen LogP contribution in [-0.4, -0.2) is 47.0 Å². The average Bonchev–Trinajstić information content (AvgIpc) is 3.55. The summed E-state index contributed by atoms with van der Waals surface area (Å²) in [6.45, 7) is 1.35. The van der Waals surface area contributed by atoms with E-state index in [9.17, 15) is 19.7 Å². The summed E-state index contributed by atoms with van der Waals surface area (Å²) in [7, 11) is 1.60. The molecule has 0 bridgehead atoms. The number of benzene rings is 3. The van der Waals surface area contributed by atoms with Crippen molar-refractivity contribution in [3.05, 3.63) is 100 Å². The van der Waals surface area contributed by atoms with Gasteiger partial charge in [-0.15, -0.1) is 0 Å². The number of methoxy groups -OCH3 is 1. The maximum Gasteiger partial charge on any atom is 0.271 e. The fourth-order valence-corrected chi connectivity index (χ4v) is 6.13. The lowest BCUT2D eigenvalue weighted by Crippen LogP contribution is -2.52. The molecule has 3 aliphatic heterocycles. The molecular formula is C27H24N4O5. The Morgan fingerprint density at radius 2 is 1.72 bits per heavy atom. The summed E-state index contributed by atoms with van der Waals surface area (Å²) in [5.74, 6) is -0.775. The lowest BCUT2D eigenvalue weighted by atomic mass is 9.75. The van der Waals surface area contributed by atoms with E-state index in [0.717, 1.165) is 29.0 Å². The van der Waals surface area contributed by atoms with Crippen molar-refractivity contribution in [3.8, 4) is 5.75 Å². The van der Waals surface area contributed by atoms with Crippen LogP contribution >= 0.6 is 0 Å². The highest BCUT2D eigenvalue weighted by molar-refractivity contribution is 6.26. The van der Waals surface area contributed by atoms with E-state index >= 15 is 0 Å². The van der Waals surface area contributed by atoms with Gasteiger partial charge in [-0.2, -0.15) is 0 Å². The molecule has 6 rings (SSSR count). The molecule has 36 heavy (non-hydrogen) atoms. The first kappa shape index (κ1) is 22.4. The van der Waals surface area contributed by atoms with Crippen molar-refractivity contribution < 1.29 is 19.2 Å². The van der Waals surface area contributed by atoms with Gasteiger partial charge >= 0.3 is 0 Å². The van der Waals surface area contributed by atoms with Gasteiger partial charge in [-0.05, 0) is 35.7 Å². The number of hydrogen-bond donors (Lipinski definition) is 0. The van der Waals surface area contributed by atoms with Gasteiger partial charge in [-0.3, -0.25) is 19.7 Å². The molecule has 0 aromatic heterocycles. The number of carbonyl (C=O) groups is 2. The fraction of sp³-hybridized carbons (Fsp3) is 0.259. The number of carbonyl (C=O) groups excluding carboxylic acids is 2. The summed E-state index contributed by atoms with van der Waals surface area (Å²) in [5, 5.41) is 15.7. The van der Waals surface area contributed by atoms with Crippen molar-refractivity contribution in [2.75, 3.05) is 25.1 Å². The van der Waals surface area contributed by atoms with Gasteiger partial charge < -0.3 is 4.74 Å². The van der Waals surface area contributed by atoms with Crippen LogP contribution in [0.15, 0.2) is 78.9 Å². The summed E-state index contributed by atoms with van der Waals surface area (Å²) in [4.78, 5) is 40.8. The predicted molar refractivity (Wildman–Crippen MR) is 131 cm³/mol. The summed E-state index contributed by atoms with van der Waals surface area (Å²) in [5.41, 5.74) is 0.442. The lowest BCUT2D eigenvalue weighted by Gasteiger charge is -2.36. The van der Waals surface area contributed by atoms with Crippen LogP contribution in [0.1, 0.15) is 23.6 Å². The molecule has 9 nitrogen and oxygen atoms in total. The van der Waals surface area contributed by atoms with Crippen LogP contribution in [0.3, 0.4) is 0 Å². The van der Waals surface area contributed by atoms with E-state index < -0.39 is 16.4 Å². The van der Waals surface area contributed by atoms with Crippen LogP contribution in [0.4, 0.5) is 11.4 Å². The first-order chi connectivity index (χ1) is 17.5. The third-order valence-corrected chi connectivity index (χ3v) is 7.55. The van der Waals surface area contributed by atoms with Crippen molar-refractivity contribution in [2.24, 2.45) is 5.92 Å². The van der Waals surface area contributed by atoms with Crippen LogP contribution in [0.25, 0.3) is 0 Å². The third kappa shape index (κ3) is 2.96. The number of hydrogen-bond acceptors (Lipinski definition) is 7. The summed E-state index contributed by atoms with van der Waals surface area (Å²) >= 11 is 0. The van der Waals surface area contributed by atoms with Crippen LogP contribution in [-0.2, 0) is 15.1 Å². The van der Waals surface area contributed by atoms with Gasteiger partial charge in [-0.1, -0.05) is 48.5 Å². The summed E-state index contributed by atoms with van der Waals surface area (Å²) < 4.78 is 5.33. The Labute approximate surface area is 207 Å². The highest BCUT2D eigenvalue weighted by Gasteiger charge is 2.73. The molecule has 3 atom stereocenters. The SMILES string of the molecule is COc1ccc([C@@H]2[C@@H]3C(=O)N(c4cccc([N+](=O)[O-])c4)C(=O)[C@]3(c3ccccc3)N3CCCN23)cc1. The molecule has 9 heteroatoms. The zero-order valence-corrected chi connectivity index (χ0v) is 19.6. The summed E-state index contributed by atoms with van der Waals surface area (Å²) in [6, 6.07) is 22.3. The van der Waals surface area contributed by atoms with Gasteiger partial charge in [0.25, 0.3) is 11.6 Å². The molecule has 0 aliphatic carbocycles. The van der Waals surface area contributed by atoms with Crippen LogP contribution in [0.5, 0.6) is 5.75 Å². The Hall–Kier alpha value is -4.08. The van der Waals surface area contributed by atoms with Gasteiger partial charge in [0, 0.05) is 25.2 Å². The van der Waals surface area contributed by atoms with Crippen molar-refractivity contribution in [1.82, 2.24) is 10.0 Å². The molecule has 0 spiro atoms. The predicted octanol–water partition coefficient (Wildman–Crippen LogP) is 3.67. The standard InChI is InChI=1S/C27H24N4O5/c1-36-22-13-11-18(12-14-22)24-23-25(32)30(20-9-5-10-21(17-20)31(34)35)26(33)27(23,19-7-3-2-4-8-19)29-16-6-15-28(24)29/h2-5,7-14,17,23-24H,6,15-16H2,1H3/t23-,24-,27-/m1/s1. The molecule has 3 aromatic carbocycles. The second-order valence-corrected chi connectivity index (χ2v) is 9.22. The van der Waals surface area contributed by atoms with E-state index in [4.69, 9.17) is 4.74 Å². The van der Waals surface area contributed by atoms with Crippen molar-refractivity contribution in [3.63, 3.8) is 0 Å². The molecule has 0 N–H and O–H groups in total. The quantitative estimate of drug-likeness (QED) is 0.310. The molecule has 3 heterocycles. The lowest BCUT2D eigenvalue weighted by molar-refractivity contribution is -0.384. The molecule has 3 aromatic rings. The topological polar surface area (TPSA) is 96.2 Å². The summed E-state index contributed by atoms with van der Waals surface area (Å²) in [6.07, 6.45) is 0.853. The number of rotatable bonds is 5. The number of imide groups is 1. The largest absolute Gasteiger partial charge is 0.497 e. The van der Waals surface area contributed by atoms with Crippen molar-refractivity contribution in [1.29, 1.82) is 0 Å². The Bertz CT molecular complexity index is 1360. The van der Waals surface area contributed by atoms with E-state index in [-0.39, 0.29) is 29.2 Å². The Balaban J connectivity index is 1.57. The molecule has 3 fully saturated rings. The number of nitro groups is 1.